The van der Waals surface area contributed by atoms with Crippen LogP contribution in [0.1, 0.15) is 29.5 Å². The lowest BCUT2D eigenvalue weighted by Gasteiger charge is -2.33. The summed E-state index contributed by atoms with van der Waals surface area (Å²) >= 11 is 1.53. The summed E-state index contributed by atoms with van der Waals surface area (Å²) in [6, 6.07) is 15.1. The van der Waals surface area contributed by atoms with Crippen molar-refractivity contribution in [2.45, 2.75) is 24.3 Å². The third-order valence-electron chi connectivity index (χ3n) is 5.99. The van der Waals surface area contributed by atoms with E-state index in [2.05, 4.69) is 6.07 Å². The van der Waals surface area contributed by atoms with Crippen LogP contribution in [0.15, 0.2) is 42.5 Å². The molecule has 7 heteroatoms. The van der Waals surface area contributed by atoms with Crippen molar-refractivity contribution < 1.29 is 14.3 Å². The molecule has 1 saturated heterocycles. The topological polar surface area (TPSA) is 73.6 Å². The molecule has 2 aliphatic heterocycles. The number of thioether (sulfide) groups is 1. The summed E-state index contributed by atoms with van der Waals surface area (Å²) in [5.74, 6) is 1.42. The van der Waals surface area contributed by atoms with Crippen molar-refractivity contribution in [1.29, 1.82) is 5.26 Å². The van der Waals surface area contributed by atoms with Gasteiger partial charge in [-0.05, 0) is 48.7 Å². The Morgan fingerprint density at radius 2 is 2.13 bits per heavy atom. The van der Waals surface area contributed by atoms with Gasteiger partial charge in [0, 0.05) is 23.8 Å². The maximum atomic E-state index is 13.9. The largest absolute Gasteiger partial charge is 0.497 e. The van der Waals surface area contributed by atoms with Crippen LogP contribution in [0.2, 0.25) is 0 Å². The van der Waals surface area contributed by atoms with Crippen LogP contribution in [0.4, 0.5) is 5.69 Å². The normalized spacial score (nSPS) is 22.3. The number of anilines is 1. The van der Waals surface area contributed by atoms with Crippen molar-refractivity contribution in [3.8, 4) is 11.8 Å². The summed E-state index contributed by atoms with van der Waals surface area (Å²) in [4.78, 5) is 29.5. The highest BCUT2D eigenvalue weighted by Crippen LogP contribution is 2.56. The predicted molar refractivity (Wildman–Crippen MR) is 114 cm³/mol. The van der Waals surface area contributed by atoms with Gasteiger partial charge in [0.05, 0.1) is 31.0 Å². The molecule has 0 radical (unpaired) electrons. The first kappa shape index (κ1) is 19.0. The lowest BCUT2D eigenvalue weighted by Crippen LogP contribution is -2.50. The predicted octanol–water partition coefficient (Wildman–Crippen LogP) is 3.25. The van der Waals surface area contributed by atoms with Gasteiger partial charge in [-0.15, -0.1) is 11.8 Å². The average Bonchev–Trinajstić information content (AvgIpc) is 3.50. The molecular formula is C23H21N3O3S. The number of hydrogen-bond acceptors (Lipinski definition) is 5. The zero-order chi connectivity index (χ0) is 20.9. The first-order valence-corrected chi connectivity index (χ1v) is 11.0. The summed E-state index contributed by atoms with van der Waals surface area (Å²) < 4.78 is 5.44. The van der Waals surface area contributed by atoms with E-state index in [-0.39, 0.29) is 17.7 Å². The van der Waals surface area contributed by atoms with Crippen molar-refractivity contribution in [2.75, 3.05) is 24.3 Å². The van der Waals surface area contributed by atoms with Crippen molar-refractivity contribution in [2.24, 2.45) is 5.92 Å². The van der Waals surface area contributed by atoms with Crippen LogP contribution in [0.25, 0.3) is 0 Å². The SMILES string of the molecule is COc1ccc2c(c1)[C@]1(SCCN1C(=O)C1CC1)C(=O)N2Cc1cccc(C#N)c1. The van der Waals surface area contributed by atoms with Gasteiger partial charge in [-0.25, -0.2) is 0 Å². The van der Waals surface area contributed by atoms with Crippen molar-refractivity contribution in [3.05, 3.63) is 59.2 Å². The van der Waals surface area contributed by atoms with E-state index in [9.17, 15) is 14.9 Å². The maximum Gasteiger partial charge on any atom is 0.268 e. The number of rotatable bonds is 4. The molecule has 1 spiro atoms. The van der Waals surface area contributed by atoms with Crippen LogP contribution < -0.4 is 9.64 Å². The van der Waals surface area contributed by atoms with E-state index in [1.165, 1.54) is 11.8 Å². The number of methoxy groups -OCH3 is 1. The van der Waals surface area contributed by atoms with Gasteiger partial charge in [0.1, 0.15) is 5.75 Å². The summed E-state index contributed by atoms with van der Waals surface area (Å²) in [7, 11) is 1.60. The minimum absolute atomic E-state index is 0.0452. The average molecular weight is 420 g/mol. The van der Waals surface area contributed by atoms with E-state index in [0.717, 1.165) is 35.4 Å². The Bertz CT molecular complexity index is 1090. The second-order valence-electron chi connectivity index (χ2n) is 7.84. The third kappa shape index (κ3) is 2.78. The summed E-state index contributed by atoms with van der Waals surface area (Å²) in [6.07, 6.45) is 1.81. The maximum absolute atomic E-state index is 13.9. The smallest absolute Gasteiger partial charge is 0.268 e. The van der Waals surface area contributed by atoms with Crippen LogP contribution in [0.5, 0.6) is 5.75 Å². The van der Waals surface area contributed by atoms with Crippen molar-refractivity contribution in [1.82, 2.24) is 4.90 Å². The zero-order valence-electron chi connectivity index (χ0n) is 16.6. The Balaban J connectivity index is 1.60. The molecule has 2 aromatic carbocycles. The standard InChI is InChI=1S/C23H21N3O3S/c1-29-18-7-8-20-19(12-18)23(26(9-10-30-23)21(27)17-5-6-17)22(28)25(20)14-16-4-2-3-15(11-16)13-24/h2-4,7-8,11-12,17H,5-6,9-10,14H2,1H3/t23-/m0/s1. The fourth-order valence-corrected chi connectivity index (χ4v) is 5.83. The molecule has 6 nitrogen and oxygen atoms in total. The Hall–Kier alpha value is -2.98. The van der Waals surface area contributed by atoms with Crippen molar-refractivity contribution in [3.63, 3.8) is 0 Å². The number of ether oxygens (including phenoxy) is 1. The first-order valence-electron chi connectivity index (χ1n) is 10.0. The molecule has 0 aromatic heterocycles. The van der Waals surface area contributed by atoms with E-state index < -0.39 is 4.87 Å². The second-order valence-corrected chi connectivity index (χ2v) is 9.13. The van der Waals surface area contributed by atoms with Crippen LogP contribution in [-0.4, -0.2) is 36.1 Å². The minimum Gasteiger partial charge on any atom is -0.497 e. The number of nitriles is 1. The van der Waals surface area contributed by atoms with Gasteiger partial charge in [-0.3, -0.25) is 9.59 Å². The highest BCUT2D eigenvalue weighted by atomic mass is 32.2. The Morgan fingerprint density at radius 1 is 1.30 bits per heavy atom. The van der Waals surface area contributed by atoms with Gasteiger partial charge in [0.25, 0.3) is 5.91 Å². The number of hydrogen-bond donors (Lipinski definition) is 0. The molecular weight excluding hydrogens is 398 g/mol. The van der Waals surface area contributed by atoms with Crippen LogP contribution >= 0.6 is 11.8 Å². The van der Waals surface area contributed by atoms with Gasteiger partial charge in [-0.1, -0.05) is 12.1 Å². The Kier molecular flexibility index (Phi) is 4.48. The van der Waals surface area contributed by atoms with E-state index in [0.29, 0.717) is 24.4 Å². The summed E-state index contributed by atoms with van der Waals surface area (Å²) in [5, 5.41) is 9.22. The fraction of sp³-hybridized carbons (Fsp3) is 0.348. The molecule has 0 N–H and O–H groups in total. The second kappa shape index (κ2) is 7.06. The van der Waals surface area contributed by atoms with Crippen LogP contribution in [-0.2, 0) is 21.0 Å². The Labute approximate surface area is 179 Å². The summed E-state index contributed by atoms with van der Waals surface area (Å²) in [5.41, 5.74) is 3.06. The van der Waals surface area contributed by atoms with Gasteiger partial charge in [0.15, 0.2) is 4.87 Å². The molecule has 1 aliphatic carbocycles. The first-order chi connectivity index (χ1) is 14.6. The quantitative estimate of drug-likeness (QED) is 0.761. The number of fused-ring (bicyclic) bond motifs is 2. The number of benzene rings is 2. The molecule has 1 saturated carbocycles. The molecule has 2 fully saturated rings. The minimum atomic E-state index is -1.03. The number of amides is 2. The molecule has 2 amide bonds. The van der Waals surface area contributed by atoms with Crippen LogP contribution in [0, 0.1) is 17.2 Å². The highest BCUT2D eigenvalue weighted by molar-refractivity contribution is 8.01. The molecule has 152 valence electrons. The highest BCUT2D eigenvalue weighted by Gasteiger charge is 2.60. The molecule has 0 unspecified atom stereocenters. The molecule has 3 aliphatic rings. The zero-order valence-corrected chi connectivity index (χ0v) is 17.4. The number of carbonyl (C=O) groups excluding carboxylic acids is 2. The van der Waals surface area contributed by atoms with E-state index in [1.54, 1.807) is 29.0 Å². The van der Waals surface area contributed by atoms with Gasteiger partial charge in [-0.2, -0.15) is 5.26 Å². The van der Waals surface area contributed by atoms with E-state index >= 15 is 0 Å². The van der Waals surface area contributed by atoms with E-state index in [4.69, 9.17) is 4.74 Å². The lowest BCUT2D eigenvalue weighted by atomic mass is 10.0. The van der Waals surface area contributed by atoms with Crippen LogP contribution in [0.3, 0.4) is 0 Å². The molecule has 0 bridgehead atoms. The lowest BCUT2D eigenvalue weighted by molar-refractivity contribution is -0.141. The molecule has 2 heterocycles. The summed E-state index contributed by atoms with van der Waals surface area (Å²) in [6.45, 7) is 0.918. The number of nitrogens with zero attached hydrogens (tertiary/aromatic N) is 3. The van der Waals surface area contributed by atoms with Gasteiger partial charge >= 0.3 is 0 Å². The van der Waals surface area contributed by atoms with Crippen molar-refractivity contribution >= 4 is 29.3 Å². The molecule has 5 rings (SSSR count). The van der Waals surface area contributed by atoms with Gasteiger partial charge < -0.3 is 14.5 Å². The molecule has 1 atom stereocenters. The fourth-order valence-electron chi connectivity index (χ4n) is 4.37. The third-order valence-corrected chi connectivity index (χ3v) is 7.41. The molecule has 2 aromatic rings. The Morgan fingerprint density at radius 3 is 2.87 bits per heavy atom. The van der Waals surface area contributed by atoms with E-state index in [1.807, 2.05) is 30.3 Å². The monoisotopic (exact) mass is 419 g/mol. The molecule has 30 heavy (non-hydrogen) atoms. The van der Waals surface area contributed by atoms with Gasteiger partial charge in [0.2, 0.25) is 5.91 Å². The number of carbonyl (C=O) groups is 2.